The van der Waals surface area contributed by atoms with Crippen molar-refractivity contribution in [1.82, 2.24) is 24.4 Å². The molecule has 0 amide bonds. The SMILES string of the molecule is c1ccc(-n2cccc2CN2CCc3[nH]cnc3[C@@H]2c2ccsc2)nc1. The number of nitrogens with one attached hydrogen (secondary N) is 1. The average Bonchev–Trinajstić information content (AvgIpc) is 3.44. The molecule has 0 aromatic carbocycles. The maximum absolute atomic E-state index is 4.64. The Hall–Kier alpha value is -2.70. The van der Waals surface area contributed by atoms with E-state index in [0.29, 0.717) is 0 Å². The Balaban J connectivity index is 1.50. The molecule has 1 atom stereocenters. The molecule has 5 rings (SSSR count). The monoisotopic (exact) mass is 361 g/mol. The minimum absolute atomic E-state index is 0.198. The minimum Gasteiger partial charge on any atom is -0.348 e. The average molecular weight is 361 g/mol. The normalized spacial score (nSPS) is 17.3. The fourth-order valence-electron chi connectivity index (χ4n) is 3.77. The highest BCUT2D eigenvalue weighted by Crippen LogP contribution is 2.35. The Kier molecular flexibility index (Phi) is 3.92. The molecular weight excluding hydrogens is 342 g/mol. The van der Waals surface area contributed by atoms with Crippen molar-refractivity contribution in [3.8, 4) is 5.82 Å². The summed E-state index contributed by atoms with van der Waals surface area (Å²) >= 11 is 1.74. The first-order chi connectivity index (χ1) is 12.9. The Labute approximate surface area is 156 Å². The van der Waals surface area contributed by atoms with Crippen LogP contribution in [0.4, 0.5) is 0 Å². The molecule has 4 aromatic rings. The van der Waals surface area contributed by atoms with Crippen molar-refractivity contribution in [1.29, 1.82) is 0 Å². The van der Waals surface area contributed by atoms with Crippen molar-refractivity contribution in [3.63, 3.8) is 0 Å². The summed E-state index contributed by atoms with van der Waals surface area (Å²) in [5.41, 5.74) is 4.98. The van der Waals surface area contributed by atoms with Crippen LogP contribution < -0.4 is 0 Å². The lowest BCUT2D eigenvalue weighted by atomic mass is 9.97. The van der Waals surface area contributed by atoms with Gasteiger partial charge in [0, 0.05) is 43.3 Å². The molecule has 0 saturated heterocycles. The maximum atomic E-state index is 4.64. The van der Waals surface area contributed by atoms with E-state index in [4.69, 9.17) is 0 Å². The Morgan fingerprint density at radius 2 is 2.15 bits per heavy atom. The van der Waals surface area contributed by atoms with Crippen LogP contribution in [-0.4, -0.2) is 31.0 Å². The molecule has 0 radical (unpaired) electrons. The smallest absolute Gasteiger partial charge is 0.136 e. The number of hydrogen-bond donors (Lipinski definition) is 1. The molecule has 26 heavy (non-hydrogen) atoms. The van der Waals surface area contributed by atoms with Gasteiger partial charge in [0.15, 0.2) is 0 Å². The molecule has 130 valence electrons. The van der Waals surface area contributed by atoms with E-state index in [1.165, 1.54) is 17.0 Å². The third kappa shape index (κ3) is 2.67. The third-order valence-electron chi connectivity index (χ3n) is 4.98. The van der Waals surface area contributed by atoms with Crippen LogP contribution in [0.3, 0.4) is 0 Å². The number of rotatable bonds is 4. The highest BCUT2D eigenvalue weighted by atomic mass is 32.1. The molecule has 0 spiro atoms. The zero-order valence-corrected chi connectivity index (χ0v) is 15.1. The first kappa shape index (κ1) is 15.5. The molecular formula is C20H19N5S. The molecule has 0 unspecified atom stereocenters. The fraction of sp³-hybridized carbons (Fsp3) is 0.200. The first-order valence-corrected chi connectivity index (χ1v) is 9.70. The molecule has 0 bridgehead atoms. The second-order valence-corrected chi connectivity index (χ2v) is 7.28. The molecule has 1 aliphatic heterocycles. The molecule has 0 aliphatic carbocycles. The summed E-state index contributed by atoms with van der Waals surface area (Å²) in [6, 6.07) is 12.7. The summed E-state index contributed by atoms with van der Waals surface area (Å²) in [5, 5.41) is 4.38. The molecule has 5 nitrogen and oxygen atoms in total. The van der Waals surface area contributed by atoms with Gasteiger partial charge in [-0.2, -0.15) is 11.3 Å². The summed E-state index contributed by atoms with van der Waals surface area (Å²) in [5.74, 6) is 0.956. The quantitative estimate of drug-likeness (QED) is 0.601. The number of H-pyrrole nitrogens is 1. The van der Waals surface area contributed by atoms with Gasteiger partial charge in [-0.05, 0) is 46.7 Å². The highest BCUT2D eigenvalue weighted by Gasteiger charge is 2.31. The van der Waals surface area contributed by atoms with E-state index in [2.05, 4.69) is 59.6 Å². The number of fused-ring (bicyclic) bond motifs is 1. The van der Waals surface area contributed by atoms with Gasteiger partial charge in [0.2, 0.25) is 0 Å². The molecule has 1 N–H and O–H groups in total. The zero-order chi connectivity index (χ0) is 17.3. The molecule has 6 heteroatoms. The third-order valence-corrected chi connectivity index (χ3v) is 5.68. The number of nitrogens with zero attached hydrogens (tertiary/aromatic N) is 4. The lowest BCUT2D eigenvalue weighted by Gasteiger charge is -2.34. The van der Waals surface area contributed by atoms with Gasteiger partial charge in [-0.1, -0.05) is 6.07 Å². The standard InChI is InChI=1S/C20H19N5S/c1-2-8-21-18(5-1)25-9-3-4-16(25)12-24-10-6-17-19(23-14-22-17)20(24)15-7-11-26-13-15/h1-5,7-9,11,13-14,20H,6,10,12H2,(H,22,23)/t20-/m0/s1. The van der Waals surface area contributed by atoms with Crippen molar-refractivity contribution >= 4 is 11.3 Å². The van der Waals surface area contributed by atoms with Crippen LogP contribution in [0.15, 0.2) is 65.9 Å². The van der Waals surface area contributed by atoms with Crippen LogP contribution in [-0.2, 0) is 13.0 Å². The Morgan fingerprint density at radius 1 is 1.15 bits per heavy atom. The van der Waals surface area contributed by atoms with Crippen LogP contribution in [0, 0.1) is 0 Å². The molecule has 5 heterocycles. The van der Waals surface area contributed by atoms with Gasteiger partial charge >= 0.3 is 0 Å². The van der Waals surface area contributed by atoms with Gasteiger partial charge in [0.1, 0.15) is 5.82 Å². The number of aromatic amines is 1. The lowest BCUT2D eigenvalue weighted by Crippen LogP contribution is -2.36. The number of aromatic nitrogens is 4. The summed E-state index contributed by atoms with van der Waals surface area (Å²) < 4.78 is 2.17. The molecule has 0 fully saturated rings. The first-order valence-electron chi connectivity index (χ1n) is 8.76. The second-order valence-electron chi connectivity index (χ2n) is 6.50. The summed E-state index contributed by atoms with van der Waals surface area (Å²) in [4.78, 5) is 15.0. The minimum atomic E-state index is 0.198. The number of imidazole rings is 1. The van der Waals surface area contributed by atoms with E-state index < -0.39 is 0 Å². The van der Waals surface area contributed by atoms with Gasteiger partial charge in [-0.25, -0.2) is 9.97 Å². The van der Waals surface area contributed by atoms with Crippen LogP contribution in [0.5, 0.6) is 0 Å². The number of thiophene rings is 1. The van der Waals surface area contributed by atoms with E-state index in [1.807, 2.05) is 30.7 Å². The summed E-state index contributed by atoms with van der Waals surface area (Å²) in [7, 11) is 0. The maximum Gasteiger partial charge on any atom is 0.136 e. The van der Waals surface area contributed by atoms with Gasteiger partial charge in [0.05, 0.1) is 18.1 Å². The van der Waals surface area contributed by atoms with Crippen molar-refractivity contribution in [3.05, 3.63) is 88.5 Å². The molecule has 4 aromatic heterocycles. The van der Waals surface area contributed by atoms with Crippen LogP contribution in [0.1, 0.15) is 28.7 Å². The Bertz CT molecular complexity index is 986. The van der Waals surface area contributed by atoms with E-state index in [0.717, 1.165) is 31.0 Å². The van der Waals surface area contributed by atoms with Crippen LogP contribution >= 0.6 is 11.3 Å². The predicted octanol–water partition coefficient (Wildman–Crippen LogP) is 3.80. The van der Waals surface area contributed by atoms with Crippen molar-refractivity contribution in [2.45, 2.75) is 19.0 Å². The summed E-state index contributed by atoms with van der Waals surface area (Å²) in [6.07, 6.45) is 6.75. The number of hydrogen-bond acceptors (Lipinski definition) is 4. The van der Waals surface area contributed by atoms with Crippen LogP contribution in [0.25, 0.3) is 5.82 Å². The van der Waals surface area contributed by atoms with Crippen molar-refractivity contribution < 1.29 is 0 Å². The van der Waals surface area contributed by atoms with E-state index in [1.54, 1.807) is 11.3 Å². The largest absolute Gasteiger partial charge is 0.348 e. The second kappa shape index (κ2) is 6.55. The molecule has 1 aliphatic rings. The molecule has 0 saturated carbocycles. The highest BCUT2D eigenvalue weighted by molar-refractivity contribution is 7.08. The van der Waals surface area contributed by atoms with Gasteiger partial charge in [-0.3, -0.25) is 4.90 Å². The predicted molar refractivity (Wildman–Crippen MR) is 102 cm³/mol. The van der Waals surface area contributed by atoms with Gasteiger partial charge < -0.3 is 9.55 Å². The zero-order valence-electron chi connectivity index (χ0n) is 14.2. The topological polar surface area (TPSA) is 49.7 Å². The van der Waals surface area contributed by atoms with Crippen LogP contribution in [0.2, 0.25) is 0 Å². The summed E-state index contributed by atoms with van der Waals surface area (Å²) in [6.45, 7) is 1.86. The Morgan fingerprint density at radius 3 is 3.00 bits per heavy atom. The fourth-order valence-corrected chi connectivity index (χ4v) is 4.45. The van der Waals surface area contributed by atoms with Crippen molar-refractivity contribution in [2.75, 3.05) is 6.54 Å². The van der Waals surface area contributed by atoms with E-state index in [-0.39, 0.29) is 6.04 Å². The van der Waals surface area contributed by atoms with Crippen molar-refractivity contribution in [2.24, 2.45) is 0 Å². The lowest BCUT2D eigenvalue weighted by molar-refractivity contribution is 0.197. The number of pyridine rings is 1. The van der Waals surface area contributed by atoms with Gasteiger partial charge in [-0.15, -0.1) is 0 Å². The van der Waals surface area contributed by atoms with E-state index >= 15 is 0 Å². The van der Waals surface area contributed by atoms with E-state index in [9.17, 15) is 0 Å². The van der Waals surface area contributed by atoms with Gasteiger partial charge in [0.25, 0.3) is 0 Å².